The van der Waals surface area contributed by atoms with Crippen LogP contribution >= 0.6 is 0 Å². The first-order chi connectivity index (χ1) is 8.58. The molecule has 0 bridgehead atoms. The number of likely N-dealkylation sites (N-methyl/N-ethyl adjacent to an activating group) is 1. The van der Waals surface area contributed by atoms with Crippen LogP contribution in [0.4, 0.5) is 8.78 Å². The molecule has 1 aromatic carbocycles. The molecule has 18 heavy (non-hydrogen) atoms. The van der Waals surface area contributed by atoms with Gasteiger partial charge in [-0.05, 0) is 31.7 Å². The highest BCUT2D eigenvalue weighted by Crippen LogP contribution is 2.25. The van der Waals surface area contributed by atoms with Gasteiger partial charge in [0.05, 0.1) is 0 Å². The summed E-state index contributed by atoms with van der Waals surface area (Å²) in [6, 6.07) is 7.60. The molecule has 0 radical (unpaired) electrons. The van der Waals surface area contributed by atoms with Crippen LogP contribution in [0.1, 0.15) is 18.5 Å². The smallest absolute Gasteiger partial charge is 0.387 e. The van der Waals surface area contributed by atoms with Gasteiger partial charge in [0.2, 0.25) is 0 Å². The van der Waals surface area contributed by atoms with Crippen molar-refractivity contribution in [2.45, 2.75) is 25.6 Å². The zero-order valence-electron chi connectivity index (χ0n) is 10.6. The highest BCUT2D eigenvalue weighted by molar-refractivity contribution is 5.30. The maximum Gasteiger partial charge on any atom is 0.387 e. The van der Waals surface area contributed by atoms with E-state index < -0.39 is 6.61 Å². The molecule has 1 aliphatic heterocycles. The molecule has 3 nitrogen and oxygen atoms in total. The third kappa shape index (κ3) is 2.97. The highest BCUT2D eigenvalue weighted by Gasteiger charge is 2.25. The standard InChI is InChI=1S/C13H18F2N2O/c1-9(17(2)11-7-16-8-11)10-4-3-5-12(6-10)18-13(14)15/h3-6,9,11,13,16H,7-8H2,1-2H3. The average Bonchev–Trinajstić information content (AvgIpc) is 2.25. The van der Waals surface area contributed by atoms with Crippen LogP contribution in [0.3, 0.4) is 0 Å². The maximum atomic E-state index is 12.2. The van der Waals surface area contributed by atoms with Crippen LogP contribution in [0.15, 0.2) is 24.3 Å². The number of nitrogens with zero attached hydrogens (tertiary/aromatic N) is 1. The average molecular weight is 256 g/mol. The monoisotopic (exact) mass is 256 g/mol. The second-order valence-corrected chi connectivity index (χ2v) is 4.60. The fourth-order valence-electron chi connectivity index (χ4n) is 2.06. The van der Waals surface area contributed by atoms with Crippen LogP contribution in [0.2, 0.25) is 0 Å². The van der Waals surface area contributed by atoms with E-state index in [9.17, 15) is 8.78 Å². The minimum atomic E-state index is -2.77. The molecule has 5 heteroatoms. The molecule has 100 valence electrons. The van der Waals surface area contributed by atoms with Gasteiger partial charge in [-0.2, -0.15) is 8.78 Å². The zero-order valence-corrected chi connectivity index (χ0v) is 10.6. The van der Waals surface area contributed by atoms with Gasteiger partial charge < -0.3 is 10.1 Å². The van der Waals surface area contributed by atoms with E-state index in [1.807, 2.05) is 6.07 Å². The van der Waals surface area contributed by atoms with Crippen LogP contribution in [0, 0.1) is 0 Å². The lowest BCUT2D eigenvalue weighted by atomic mass is 10.0. The Morgan fingerprint density at radius 1 is 1.39 bits per heavy atom. The van der Waals surface area contributed by atoms with Crippen LogP contribution < -0.4 is 10.1 Å². The summed E-state index contributed by atoms with van der Waals surface area (Å²) in [5, 5.41) is 3.22. The summed E-state index contributed by atoms with van der Waals surface area (Å²) < 4.78 is 28.7. The number of ether oxygens (including phenoxy) is 1. The van der Waals surface area contributed by atoms with Gasteiger partial charge in [-0.1, -0.05) is 12.1 Å². The molecule has 1 aliphatic rings. The molecule has 1 atom stereocenters. The van der Waals surface area contributed by atoms with Gasteiger partial charge in [0.1, 0.15) is 5.75 Å². The number of nitrogens with one attached hydrogen (secondary N) is 1. The summed E-state index contributed by atoms with van der Waals surface area (Å²) in [6.07, 6.45) is 0. The van der Waals surface area contributed by atoms with Crippen LogP contribution in [-0.4, -0.2) is 37.7 Å². The van der Waals surface area contributed by atoms with Crippen LogP contribution in [0.5, 0.6) is 5.75 Å². The quantitative estimate of drug-likeness (QED) is 0.874. The molecule has 1 fully saturated rings. The molecule has 0 amide bonds. The van der Waals surface area contributed by atoms with E-state index in [0.29, 0.717) is 6.04 Å². The molecule has 2 rings (SSSR count). The van der Waals surface area contributed by atoms with Crippen molar-refractivity contribution in [3.63, 3.8) is 0 Å². The Hall–Kier alpha value is -1.20. The molecular weight excluding hydrogens is 238 g/mol. The van der Waals surface area contributed by atoms with E-state index in [4.69, 9.17) is 0 Å². The molecule has 0 saturated carbocycles. The first-order valence-corrected chi connectivity index (χ1v) is 6.05. The number of halogens is 2. The lowest BCUT2D eigenvalue weighted by Crippen LogP contribution is -2.56. The van der Waals surface area contributed by atoms with Crippen molar-refractivity contribution >= 4 is 0 Å². The van der Waals surface area contributed by atoms with Gasteiger partial charge in [-0.3, -0.25) is 4.90 Å². The Balaban J connectivity index is 2.06. The molecule has 0 spiro atoms. The minimum absolute atomic E-state index is 0.179. The van der Waals surface area contributed by atoms with E-state index in [1.165, 1.54) is 0 Å². The number of hydrogen-bond acceptors (Lipinski definition) is 3. The van der Waals surface area contributed by atoms with Gasteiger partial charge in [-0.15, -0.1) is 0 Å². The molecule has 1 N–H and O–H groups in total. The Labute approximate surface area is 106 Å². The molecule has 1 aromatic rings. The Bertz CT molecular complexity index is 396. The number of rotatable bonds is 5. The summed E-state index contributed by atoms with van der Waals surface area (Å²) in [5.74, 6) is 0.217. The van der Waals surface area contributed by atoms with E-state index in [1.54, 1.807) is 18.2 Å². The molecule has 0 aromatic heterocycles. The van der Waals surface area contributed by atoms with Crippen LogP contribution in [-0.2, 0) is 0 Å². The van der Waals surface area contributed by atoms with E-state index in [-0.39, 0.29) is 11.8 Å². The van der Waals surface area contributed by atoms with Crippen molar-refractivity contribution in [2.75, 3.05) is 20.1 Å². The second kappa shape index (κ2) is 5.63. The number of alkyl halides is 2. The van der Waals surface area contributed by atoms with Crippen molar-refractivity contribution in [1.82, 2.24) is 10.2 Å². The third-order valence-corrected chi connectivity index (χ3v) is 3.51. The predicted octanol–water partition coefficient (Wildman–Crippen LogP) is 2.25. The van der Waals surface area contributed by atoms with Crippen molar-refractivity contribution in [2.24, 2.45) is 0 Å². The zero-order chi connectivity index (χ0) is 13.1. The van der Waals surface area contributed by atoms with E-state index in [2.05, 4.69) is 28.9 Å². The van der Waals surface area contributed by atoms with Crippen molar-refractivity contribution < 1.29 is 13.5 Å². The SMILES string of the molecule is CC(c1cccc(OC(F)F)c1)N(C)C1CNC1. The number of hydrogen-bond donors (Lipinski definition) is 1. The molecular formula is C13H18F2N2O. The van der Waals surface area contributed by atoms with Crippen molar-refractivity contribution in [1.29, 1.82) is 0 Å². The lowest BCUT2D eigenvalue weighted by molar-refractivity contribution is -0.0499. The summed E-state index contributed by atoms with van der Waals surface area (Å²) in [5.41, 5.74) is 0.988. The van der Waals surface area contributed by atoms with Gasteiger partial charge in [0, 0.05) is 25.2 Å². The Kier molecular flexibility index (Phi) is 4.14. The summed E-state index contributed by atoms with van der Waals surface area (Å²) in [7, 11) is 2.05. The molecule has 0 aliphatic carbocycles. The summed E-state index contributed by atoms with van der Waals surface area (Å²) in [4.78, 5) is 2.25. The predicted molar refractivity (Wildman–Crippen MR) is 65.9 cm³/mol. The lowest BCUT2D eigenvalue weighted by Gasteiger charge is -2.39. The van der Waals surface area contributed by atoms with Crippen molar-refractivity contribution in [3.8, 4) is 5.75 Å². The fourth-order valence-corrected chi connectivity index (χ4v) is 2.06. The topological polar surface area (TPSA) is 24.5 Å². The third-order valence-electron chi connectivity index (χ3n) is 3.51. The Morgan fingerprint density at radius 3 is 2.67 bits per heavy atom. The first-order valence-electron chi connectivity index (χ1n) is 6.05. The molecule has 1 unspecified atom stereocenters. The minimum Gasteiger partial charge on any atom is -0.435 e. The summed E-state index contributed by atoms with van der Waals surface area (Å²) in [6.45, 7) is 1.26. The van der Waals surface area contributed by atoms with Gasteiger partial charge >= 0.3 is 6.61 Å². The molecule has 1 heterocycles. The molecule has 1 saturated heterocycles. The van der Waals surface area contributed by atoms with E-state index in [0.717, 1.165) is 18.7 Å². The van der Waals surface area contributed by atoms with Gasteiger partial charge in [0.15, 0.2) is 0 Å². The van der Waals surface area contributed by atoms with E-state index >= 15 is 0 Å². The van der Waals surface area contributed by atoms with Gasteiger partial charge in [-0.25, -0.2) is 0 Å². The fraction of sp³-hybridized carbons (Fsp3) is 0.538. The number of benzene rings is 1. The van der Waals surface area contributed by atoms with Gasteiger partial charge in [0.25, 0.3) is 0 Å². The highest BCUT2D eigenvalue weighted by atomic mass is 19.3. The normalized spacial score (nSPS) is 17.9. The Morgan fingerprint density at radius 2 is 2.11 bits per heavy atom. The first kappa shape index (κ1) is 13.2. The second-order valence-electron chi connectivity index (χ2n) is 4.60. The van der Waals surface area contributed by atoms with Crippen molar-refractivity contribution in [3.05, 3.63) is 29.8 Å². The largest absolute Gasteiger partial charge is 0.435 e. The summed E-state index contributed by atoms with van der Waals surface area (Å²) >= 11 is 0. The maximum absolute atomic E-state index is 12.2. The van der Waals surface area contributed by atoms with Crippen LogP contribution in [0.25, 0.3) is 0 Å².